The Bertz CT molecular complexity index is 4460. The van der Waals surface area contributed by atoms with Crippen LogP contribution in [0.1, 0.15) is 11.1 Å². The van der Waals surface area contributed by atoms with Gasteiger partial charge < -0.3 is 9.80 Å². The fraction of sp³-hybridized carbons (Fsp3) is 0.0250. The number of hydrogen-bond acceptors (Lipinski definition) is 2. The second-order valence-electron chi connectivity index (χ2n) is 21.7. The van der Waals surface area contributed by atoms with Gasteiger partial charge in [0, 0.05) is 32.9 Å². The number of benzene rings is 15. The summed E-state index contributed by atoms with van der Waals surface area (Å²) in [6.07, 6.45) is 0. The van der Waals surface area contributed by atoms with Crippen LogP contribution in [0.5, 0.6) is 0 Å². The molecule has 0 saturated heterocycles. The van der Waals surface area contributed by atoms with E-state index in [0.29, 0.717) is 0 Å². The predicted molar refractivity (Wildman–Crippen MR) is 352 cm³/mol. The lowest BCUT2D eigenvalue weighted by Crippen LogP contribution is -2.11. The SMILES string of the molecule is Cc1ccccc1-c1c2ccc(-c3ccc(N(c4cccc5ccccc45)c4cccc5ccccc45)cc3)cc2c(-c2ccccc2C)c2ccc(-c3ccc(N(c4cccc5ccccc45)c4cccc5ccccc45)cc3)cc12. The first kappa shape index (κ1) is 48.6. The summed E-state index contributed by atoms with van der Waals surface area (Å²) in [6, 6.07) is 112. The topological polar surface area (TPSA) is 6.48 Å². The Kier molecular flexibility index (Phi) is 12.0. The quantitative estimate of drug-likeness (QED) is 0.126. The molecule has 82 heavy (non-hydrogen) atoms. The van der Waals surface area contributed by atoms with Gasteiger partial charge in [0.25, 0.3) is 0 Å². The average Bonchev–Trinajstić information content (AvgIpc) is 2.27. The van der Waals surface area contributed by atoms with E-state index in [2.05, 4.69) is 327 Å². The first-order valence-electron chi connectivity index (χ1n) is 28.4. The largest absolute Gasteiger partial charge is 0.309 e. The summed E-state index contributed by atoms with van der Waals surface area (Å²) < 4.78 is 0. The van der Waals surface area contributed by atoms with E-state index in [4.69, 9.17) is 0 Å². The van der Waals surface area contributed by atoms with Gasteiger partial charge in [-0.25, -0.2) is 0 Å². The Hall–Kier alpha value is -10.5. The summed E-state index contributed by atoms with van der Waals surface area (Å²) in [5, 5.41) is 14.6. The molecule has 15 aromatic carbocycles. The van der Waals surface area contributed by atoms with Crippen LogP contribution in [-0.2, 0) is 0 Å². The molecule has 15 aromatic rings. The average molecular weight is 1050 g/mol. The highest BCUT2D eigenvalue weighted by Crippen LogP contribution is 2.49. The van der Waals surface area contributed by atoms with E-state index in [0.717, 1.165) is 45.3 Å². The third-order valence-electron chi connectivity index (χ3n) is 16.9. The van der Waals surface area contributed by atoms with Crippen LogP contribution < -0.4 is 9.80 Å². The number of hydrogen-bond donors (Lipinski definition) is 0. The van der Waals surface area contributed by atoms with E-state index in [9.17, 15) is 0 Å². The van der Waals surface area contributed by atoms with E-state index < -0.39 is 0 Å². The van der Waals surface area contributed by atoms with Gasteiger partial charge >= 0.3 is 0 Å². The van der Waals surface area contributed by atoms with Crippen molar-refractivity contribution in [2.24, 2.45) is 0 Å². The molecule has 0 fully saturated rings. The van der Waals surface area contributed by atoms with E-state index >= 15 is 0 Å². The molecule has 0 spiro atoms. The lowest BCUT2D eigenvalue weighted by atomic mass is 9.82. The Labute approximate surface area is 478 Å². The van der Waals surface area contributed by atoms with E-state index in [1.807, 2.05) is 0 Å². The van der Waals surface area contributed by atoms with Gasteiger partial charge in [0.1, 0.15) is 0 Å². The first-order chi connectivity index (χ1) is 40.5. The van der Waals surface area contributed by atoms with Gasteiger partial charge in [-0.3, -0.25) is 0 Å². The Morgan fingerprint density at radius 1 is 0.207 bits per heavy atom. The highest BCUT2D eigenvalue weighted by atomic mass is 15.2. The van der Waals surface area contributed by atoms with Crippen molar-refractivity contribution >= 4 is 98.8 Å². The van der Waals surface area contributed by atoms with Crippen LogP contribution in [-0.4, -0.2) is 0 Å². The third kappa shape index (κ3) is 8.35. The molecule has 0 aliphatic rings. The molecule has 0 radical (unpaired) electrons. The summed E-state index contributed by atoms with van der Waals surface area (Å²) >= 11 is 0. The van der Waals surface area contributed by atoms with Crippen molar-refractivity contribution in [3.63, 3.8) is 0 Å². The molecule has 0 aromatic heterocycles. The minimum atomic E-state index is 1.10. The van der Waals surface area contributed by atoms with Crippen molar-refractivity contribution in [2.75, 3.05) is 9.80 Å². The maximum Gasteiger partial charge on any atom is 0.0540 e. The molecule has 0 unspecified atom stereocenters. The molecular weight excluding hydrogens is 989 g/mol. The molecule has 2 heteroatoms. The molecule has 0 heterocycles. The maximum atomic E-state index is 2.45. The standard InChI is InChI=1S/C80H56N2/c1-53-19-3-9-29-65(53)79-71-49-43-62(56-41-47-64(48-42-56)82(77-37-17-27-59-23-7-13-33-69(59)77)78-38-18-28-60-24-8-14-34-70(60)78)52-74(71)80(66-30-10-4-20-54(66)2)72-50-44-61(51-73(72)79)55-39-45-63(46-40-55)81(75-35-15-25-57-21-5-11-31-67(57)75)76-36-16-26-58-22-6-12-32-68(58)76/h3-52H,1-2H3. The van der Waals surface area contributed by atoms with Gasteiger partial charge in [-0.15, -0.1) is 0 Å². The molecule has 0 bridgehead atoms. The monoisotopic (exact) mass is 1040 g/mol. The van der Waals surface area contributed by atoms with Gasteiger partial charge in [0.15, 0.2) is 0 Å². The molecule has 2 nitrogen and oxygen atoms in total. The van der Waals surface area contributed by atoms with Crippen LogP contribution in [0.4, 0.5) is 34.1 Å². The Balaban J connectivity index is 0.888. The predicted octanol–water partition coefficient (Wildman–Crippen LogP) is 22.8. The minimum Gasteiger partial charge on any atom is -0.309 e. The van der Waals surface area contributed by atoms with Crippen molar-refractivity contribution in [3.8, 4) is 44.5 Å². The maximum absolute atomic E-state index is 2.45. The first-order valence-corrected chi connectivity index (χ1v) is 28.4. The molecule has 0 aliphatic carbocycles. The zero-order valence-electron chi connectivity index (χ0n) is 45.8. The number of fused-ring (bicyclic) bond motifs is 6. The second kappa shape index (κ2) is 20.3. The zero-order chi connectivity index (χ0) is 54.7. The van der Waals surface area contributed by atoms with Gasteiger partial charge in [0.05, 0.1) is 22.7 Å². The zero-order valence-corrected chi connectivity index (χ0v) is 45.8. The van der Waals surface area contributed by atoms with Crippen molar-refractivity contribution in [1.82, 2.24) is 0 Å². The van der Waals surface area contributed by atoms with Crippen molar-refractivity contribution in [1.29, 1.82) is 0 Å². The van der Waals surface area contributed by atoms with E-state index in [1.165, 1.54) is 109 Å². The van der Waals surface area contributed by atoms with Gasteiger partial charge in [-0.2, -0.15) is 0 Å². The van der Waals surface area contributed by atoms with Crippen LogP contribution in [0, 0.1) is 13.8 Å². The third-order valence-corrected chi connectivity index (χ3v) is 16.9. The van der Waals surface area contributed by atoms with Gasteiger partial charge in [0.2, 0.25) is 0 Å². The number of anilines is 6. The number of nitrogens with zero attached hydrogens (tertiary/aromatic N) is 2. The number of rotatable bonds is 10. The van der Waals surface area contributed by atoms with Crippen LogP contribution >= 0.6 is 0 Å². The van der Waals surface area contributed by atoms with Crippen LogP contribution in [0.15, 0.2) is 303 Å². The van der Waals surface area contributed by atoms with E-state index in [-0.39, 0.29) is 0 Å². The Morgan fingerprint density at radius 3 is 0.817 bits per heavy atom. The van der Waals surface area contributed by atoms with Crippen molar-refractivity contribution in [3.05, 3.63) is 314 Å². The van der Waals surface area contributed by atoms with Crippen molar-refractivity contribution in [2.45, 2.75) is 13.8 Å². The number of aryl methyl sites for hydroxylation is 2. The van der Waals surface area contributed by atoms with Crippen molar-refractivity contribution < 1.29 is 0 Å². The lowest BCUT2D eigenvalue weighted by molar-refractivity contribution is 1.31. The van der Waals surface area contributed by atoms with Crippen LogP contribution in [0.2, 0.25) is 0 Å². The molecule has 0 atom stereocenters. The molecule has 0 amide bonds. The second-order valence-corrected chi connectivity index (χ2v) is 21.7. The smallest absolute Gasteiger partial charge is 0.0540 e. The highest BCUT2D eigenvalue weighted by Gasteiger charge is 2.23. The summed E-state index contributed by atoms with van der Waals surface area (Å²) in [6.45, 7) is 4.50. The molecule has 15 rings (SSSR count). The van der Waals surface area contributed by atoms with Gasteiger partial charge in [-0.1, -0.05) is 243 Å². The normalized spacial score (nSPS) is 11.5. The molecule has 386 valence electrons. The summed E-state index contributed by atoms with van der Waals surface area (Å²) in [4.78, 5) is 4.86. The molecule has 0 N–H and O–H groups in total. The van der Waals surface area contributed by atoms with Crippen LogP contribution in [0.3, 0.4) is 0 Å². The molecule has 0 aliphatic heterocycles. The van der Waals surface area contributed by atoms with E-state index in [1.54, 1.807) is 0 Å². The van der Waals surface area contributed by atoms with Crippen LogP contribution in [0.25, 0.3) is 109 Å². The lowest BCUT2D eigenvalue weighted by Gasteiger charge is -2.28. The molecule has 0 saturated carbocycles. The fourth-order valence-corrected chi connectivity index (χ4v) is 12.9. The minimum absolute atomic E-state index is 1.10. The summed E-state index contributed by atoms with van der Waals surface area (Å²) in [5.41, 5.74) is 18.9. The Morgan fingerprint density at radius 2 is 0.488 bits per heavy atom. The summed E-state index contributed by atoms with van der Waals surface area (Å²) in [7, 11) is 0. The fourth-order valence-electron chi connectivity index (χ4n) is 12.9. The highest BCUT2D eigenvalue weighted by molar-refractivity contribution is 6.23. The summed E-state index contributed by atoms with van der Waals surface area (Å²) in [5.74, 6) is 0. The molecular formula is C80H56N2. The van der Waals surface area contributed by atoms with Gasteiger partial charge in [-0.05, 0) is 173 Å².